The van der Waals surface area contributed by atoms with Gasteiger partial charge < -0.3 is 4.90 Å². The standard InChI is InChI=1S/C16H21F3N2OS/c1-12(6-14-3-2-13(7-20-14)16(17,18)19)8-21-5-4-15(9-21)10-23(22)11-15/h2-3,7,12H,4-6,8-11H2,1H3/t12-,15?,23?/m0/s1. The molecule has 3 nitrogen and oxygen atoms in total. The summed E-state index contributed by atoms with van der Waals surface area (Å²) in [7, 11) is -0.619. The second kappa shape index (κ2) is 6.16. The Kier molecular flexibility index (Phi) is 4.53. The molecule has 3 heterocycles. The Morgan fingerprint density at radius 3 is 2.70 bits per heavy atom. The van der Waals surface area contributed by atoms with Crippen LogP contribution in [-0.4, -0.2) is 45.2 Å². The molecule has 2 aliphatic rings. The first kappa shape index (κ1) is 16.9. The van der Waals surface area contributed by atoms with E-state index < -0.39 is 22.5 Å². The van der Waals surface area contributed by atoms with Gasteiger partial charge in [-0.25, -0.2) is 0 Å². The van der Waals surface area contributed by atoms with Crippen LogP contribution in [0.1, 0.15) is 24.6 Å². The Morgan fingerprint density at radius 2 is 2.13 bits per heavy atom. The predicted molar refractivity (Wildman–Crippen MR) is 83.5 cm³/mol. The van der Waals surface area contributed by atoms with Gasteiger partial charge in [0, 0.05) is 52.7 Å². The summed E-state index contributed by atoms with van der Waals surface area (Å²) in [5, 5.41) is 0. The summed E-state index contributed by atoms with van der Waals surface area (Å²) < 4.78 is 48.9. The third-order valence-electron chi connectivity index (χ3n) is 4.73. The zero-order valence-corrected chi connectivity index (χ0v) is 13.9. The molecule has 0 aromatic carbocycles. The third-order valence-corrected chi connectivity index (χ3v) is 6.60. The van der Waals surface area contributed by atoms with Crippen molar-refractivity contribution >= 4 is 10.8 Å². The quantitative estimate of drug-likeness (QED) is 0.840. The molecule has 23 heavy (non-hydrogen) atoms. The predicted octanol–water partition coefficient (Wildman–Crippen LogP) is 2.73. The highest BCUT2D eigenvalue weighted by atomic mass is 32.2. The fourth-order valence-electron chi connectivity index (χ4n) is 3.64. The lowest BCUT2D eigenvalue weighted by atomic mass is 9.91. The Bertz CT molecular complexity index is 580. The summed E-state index contributed by atoms with van der Waals surface area (Å²) in [4.78, 5) is 6.34. The summed E-state index contributed by atoms with van der Waals surface area (Å²) in [6.45, 7) is 5.05. The summed E-state index contributed by atoms with van der Waals surface area (Å²) >= 11 is 0. The monoisotopic (exact) mass is 346 g/mol. The lowest BCUT2D eigenvalue weighted by molar-refractivity contribution is -0.137. The number of pyridine rings is 1. The zero-order chi connectivity index (χ0) is 16.7. The van der Waals surface area contributed by atoms with E-state index >= 15 is 0 Å². The normalized spacial score (nSPS) is 29.7. The summed E-state index contributed by atoms with van der Waals surface area (Å²) in [5.41, 5.74) is 0.273. The van der Waals surface area contributed by atoms with Gasteiger partial charge in [0.15, 0.2) is 0 Å². The van der Waals surface area contributed by atoms with E-state index in [9.17, 15) is 17.4 Å². The number of likely N-dealkylation sites (tertiary alicyclic amines) is 1. The summed E-state index contributed by atoms with van der Waals surface area (Å²) in [5.74, 6) is 2.00. The zero-order valence-electron chi connectivity index (χ0n) is 13.1. The van der Waals surface area contributed by atoms with Crippen LogP contribution >= 0.6 is 0 Å². The van der Waals surface area contributed by atoms with Gasteiger partial charge in [-0.15, -0.1) is 0 Å². The van der Waals surface area contributed by atoms with Crippen LogP contribution in [0.2, 0.25) is 0 Å². The molecule has 0 saturated carbocycles. The number of hydrogen-bond acceptors (Lipinski definition) is 3. The van der Waals surface area contributed by atoms with E-state index in [0.29, 0.717) is 18.0 Å². The van der Waals surface area contributed by atoms with Crippen LogP contribution in [-0.2, 0) is 23.4 Å². The maximum Gasteiger partial charge on any atom is 0.417 e. The van der Waals surface area contributed by atoms with Crippen molar-refractivity contribution in [2.45, 2.75) is 25.9 Å². The summed E-state index contributed by atoms with van der Waals surface area (Å²) in [6, 6.07) is 2.57. The average molecular weight is 346 g/mol. The molecule has 1 aromatic heterocycles. The number of nitrogens with zero attached hydrogens (tertiary/aromatic N) is 2. The van der Waals surface area contributed by atoms with Crippen molar-refractivity contribution in [3.8, 4) is 0 Å². The van der Waals surface area contributed by atoms with Crippen molar-refractivity contribution in [3.63, 3.8) is 0 Å². The van der Waals surface area contributed by atoms with Crippen molar-refractivity contribution in [1.29, 1.82) is 0 Å². The first-order valence-corrected chi connectivity index (χ1v) is 9.34. The van der Waals surface area contributed by atoms with Crippen LogP contribution in [0.5, 0.6) is 0 Å². The highest BCUT2D eigenvalue weighted by Crippen LogP contribution is 2.39. The molecule has 2 saturated heterocycles. The molecule has 0 amide bonds. The molecule has 0 unspecified atom stereocenters. The van der Waals surface area contributed by atoms with Crippen LogP contribution in [0.25, 0.3) is 0 Å². The van der Waals surface area contributed by atoms with Crippen LogP contribution in [0, 0.1) is 11.3 Å². The van der Waals surface area contributed by atoms with Crippen LogP contribution in [0.4, 0.5) is 13.2 Å². The second-order valence-electron chi connectivity index (χ2n) is 7.06. The van der Waals surface area contributed by atoms with E-state index in [4.69, 9.17) is 0 Å². The van der Waals surface area contributed by atoms with Crippen molar-refractivity contribution in [2.24, 2.45) is 11.3 Å². The van der Waals surface area contributed by atoms with Gasteiger partial charge >= 0.3 is 6.18 Å². The minimum atomic E-state index is -4.33. The first-order chi connectivity index (χ1) is 10.8. The lowest BCUT2D eigenvalue weighted by Crippen LogP contribution is -2.47. The van der Waals surface area contributed by atoms with E-state index in [1.54, 1.807) is 0 Å². The van der Waals surface area contributed by atoms with Gasteiger partial charge in [-0.3, -0.25) is 9.19 Å². The van der Waals surface area contributed by atoms with E-state index in [0.717, 1.165) is 49.8 Å². The maximum absolute atomic E-state index is 12.5. The fourth-order valence-corrected chi connectivity index (χ4v) is 5.39. The first-order valence-electron chi connectivity index (χ1n) is 7.85. The van der Waals surface area contributed by atoms with Crippen LogP contribution < -0.4 is 0 Å². The highest BCUT2D eigenvalue weighted by molar-refractivity contribution is 7.86. The Balaban J connectivity index is 1.50. The molecule has 2 fully saturated rings. The minimum absolute atomic E-state index is 0.275. The van der Waals surface area contributed by atoms with Gasteiger partial charge in [0.1, 0.15) is 0 Å². The van der Waals surface area contributed by atoms with E-state index in [2.05, 4.69) is 16.8 Å². The van der Waals surface area contributed by atoms with E-state index in [1.807, 2.05) is 0 Å². The van der Waals surface area contributed by atoms with Crippen molar-refractivity contribution in [1.82, 2.24) is 9.88 Å². The fraction of sp³-hybridized carbons (Fsp3) is 0.688. The van der Waals surface area contributed by atoms with Crippen molar-refractivity contribution < 1.29 is 17.4 Å². The van der Waals surface area contributed by atoms with Crippen LogP contribution in [0.3, 0.4) is 0 Å². The Hall–Kier alpha value is -0.950. The van der Waals surface area contributed by atoms with Gasteiger partial charge in [0.2, 0.25) is 0 Å². The number of alkyl halides is 3. The molecule has 0 bridgehead atoms. The summed E-state index contributed by atoms with van der Waals surface area (Å²) in [6.07, 6.45) is -1.63. The molecular weight excluding hydrogens is 325 g/mol. The topological polar surface area (TPSA) is 33.2 Å². The molecule has 1 aromatic rings. The second-order valence-corrected chi connectivity index (χ2v) is 8.52. The molecule has 7 heteroatoms. The number of aromatic nitrogens is 1. The Morgan fingerprint density at radius 1 is 1.39 bits per heavy atom. The molecule has 3 rings (SSSR count). The van der Waals surface area contributed by atoms with Gasteiger partial charge in [-0.1, -0.05) is 6.92 Å². The number of halogens is 3. The SMILES string of the molecule is C[C@@H](Cc1ccc(C(F)(F)F)cn1)CN1CCC2(C1)CS(=O)C2. The minimum Gasteiger partial charge on any atom is -0.302 e. The van der Waals surface area contributed by atoms with Gasteiger partial charge in [-0.2, -0.15) is 13.2 Å². The molecule has 0 N–H and O–H groups in total. The molecule has 1 atom stereocenters. The molecular formula is C16H21F3N2OS. The van der Waals surface area contributed by atoms with Crippen LogP contribution in [0.15, 0.2) is 18.3 Å². The smallest absolute Gasteiger partial charge is 0.302 e. The maximum atomic E-state index is 12.5. The largest absolute Gasteiger partial charge is 0.417 e. The molecule has 2 aliphatic heterocycles. The number of rotatable bonds is 4. The molecule has 128 valence electrons. The number of hydrogen-bond donors (Lipinski definition) is 0. The molecule has 1 spiro atoms. The molecule has 0 radical (unpaired) electrons. The highest BCUT2D eigenvalue weighted by Gasteiger charge is 2.47. The third kappa shape index (κ3) is 3.94. The van der Waals surface area contributed by atoms with Gasteiger partial charge in [-0.05, 0) is 37.4 Å². The van der Waals surface area contributed by atoms with Crippen molar-refractivity contribution in [3.05, 3.63) is 29.6 Å². The lowest BCUT2D eigenvalue weighted by Gasteiger charge is -2.37. The van der Waals surface area contributed by atoms with Gasteiger partial charge in [0.05, 0.1) is 5.56 Å². The Labute approximate surface area is 136 Å². The van der Waals surface area contributed by atoms with E-state index in [-0.39, 0.29) is 5.41 Å². The average Bonchev–Trinajstić information content (AvgIpc) is 2.81. The molecule has 0 aliphatic carbocycles. The van der Waals surface area contributed by atoms with Crippen molar-refractivity contribution in [2.75, 3.05) is 31.1 Å². The van der Waals surface area contributed by atoms with Gasteiger partial charge in [0.25, 0.3) is 0 Å². The van der Waals surface area contributed by atoms with E-state index in [1.165, 1.54) is 6.07 Å².